The molecule has 0 aromatic heterocycles. The molecular formula is C15H24N2OS. The summed E-state index contributed by atoms with van der Waals surface area (Å²) in [4.78, 5) is 0.418. The standard InChI is InChI=1S/C15H24N2OS/c1-5-18-9-14(10(2)3)17-13-8-11(4)6-7-12(13)15(16)19/h6-8,10,14,17H,5,9H2,1-4H3,(H2,16,19). The van der Waals surface area contributed by atoms with Gasteiger partial charge in [0.2, 0.25) is 0 Å². The highest BCUT2D eigenvalue weighted by atomic mass is 32.1. The molecule has 0 amide bonds. The lowest BCUT2D eigenvalue weighted by molar-refractivity contribution is 0.127. The number of rotatable bonds is 7. The summed E-state index contributed by atoms with van der Waals surface area (Å²) in [7, 11) is 0. The van der Waals surface area contributed by atoms with Crippen LogP contribution in [-0.2, 0) is 4.74 Å². The molecule has 1 atom stereocenters. The molecule has 1 unspecified atom stereocenters. The molecule has 0 bridgehead atoms. The highest BCUT2D eigenvalue weighted by Gasteiger charge is 2.15. The molecule has 0 saturated carbocycles. The zero-order valence-corrected chi connectivity index (χ0v) is 13.0. The average molecular weight is 280 g/mol. The average Bonchev–Trinajstić information content (AvgIpc) is 2.33. The van der Waals surface area contributed by atoms with E-state index in [9.17, 15) is 0 Å². The van der Waals surface area contributed by atoms with E-state index in [-0.39, 0.29) is 6.04 Å². The number of hydrogen-bond donors (Lipinski definition) is 2. The third-order valence-corrected chi connectivity index (χ3v) is 3.31. The molecule has 0 aliphatic carbocycles. The molecule has 0 saturated heterocycles. The van der Waals surface area contributed by atoms with Gasteiger partial charge in [-0.05, 0) is 37.5 Å². The summed E-state index contributed by atoms with van der Waals surface area (Å²) in [5, 5.41) is 3.51. The van der Waals surface area contributed by atoms with E-state index in [1.807, 2.05) is 19.1 Å². The first-order chi connectivity index (χ1) is 8.95. The second-order valence-corrected chi connectivity index (χ2v) is 5.51. The molecule has 19 heavy (non-hydrogen) atoms. The van der Waals surface area contributed by atoms with Crippen molar-refractivity contribution in [1.29, 1.82) is 0 Å². The van der Waals surface area contributed by atoms with Gasteiger partial charge in [0.05, 0.1) is 12.6 Å². The quantitative estimate of drug-likeness (QED) is 0.753. The summed E-state index contributed by atoms with van der Waals surface area (Å²) in [5.41, 5.74) is 8.84. The van der Waals surface area contributed by atoms with E-state index in [4.69, 9.17) is 22.7 Å². The number of thiocarbonyl (C=S) groups is 1. The van der Waals surface area contributed by atoms with E-state index in [1.165, 1.54) is 5.56 Å². The van der Waals surface area contributed by atoms with Crippen LogP contribution in [0.25, 0.3) is 0 Å². The molecule has 0 aliphatic heterocycles. The zero-order valence-electron chi connectivity index (χ0n) is 12.2. The van der Waals surface area contributed by atoms with Crippen molar-refractivity contribution in [2.24, 2.45) is 11.7 Å². The Morgan fingerprint density at radius 1 is 1.42 bits per heavy atom. The second kappa shape index (κ2) is 7.46. The Balaban J connectivity index is 2.94. The Bertz CT molecular complexity index is 432. The molecule has 0 spiro atoms. The molecule has 4 heteroatoms. The van der Waals surface area contributed by atoms with Crippen LogP contribution in [0, 0.1) is 12.8 Å². The lowest BCUT2D eigenvalue weighted by Crippen LogP contribution is -2.32. The van der Waals surface area contributed by atoms with Gasteiger partial charge in [0.1, 0.15) is 4.99 Å². The van der Waals surface area contributed by atoms with Crippen LogP contribution in [-0.4, -0.2) is 24.2 Å². The van der Waals surface area contributed by atoms with E-state index in [0.717, 1.165) is 17.9 Å². The molecule has 1 rings (SSSR count). The first-order valence-corrected chi connectivity index (χ1v) is 7.11. The Morgan fingerprint density at radius 3 is 2.63 bits per heavy atom. The van der Waals surface area contributed by atoms with Gasteiger partial charge < -0.3 is 15.8 Å². The molecule has 0 aliphatic rings. The van der Waals surface area contributed by atoms with Crippen molar-refractivity contribution < 1.29 is 4.74 Å². The molecule has 3 N–H and O–H groups in total. The van der Waals surface area contributed by atoms with E-state index in [1.54, 1.807) is 0 Å². The van der Waals surface area contributed by atoms with Crippen molar-refractivity contribution >= 4 is 22.9 Å². The van der Waals surface area contributed by atoms with E-state index in [2.05, 4.69) is 32.2 Å². The molecule has 0 radical (unpaired) electrons. The summed E-state index contributed by atoms with van der Waals surface area (Å²) in [5.74, 6) is 0.464. The normalized spacial score (nSPS) is 12.5. The van der Waals surface area contributed by atoms with Crippen LogP contribution in [0.4, 0.5) is 5.69 Å². The van der Waals surface area contributed by atoms with Gasteiger partial charge in [-0.2, -0.15) is 0 Å². The minimum Gasteiger partial charge on any atom is -0.389 e. The van der Waals surface area contributed by atoms with Gasteiger partial charge in [-0.1, -0.05) is 32.1 Å². The van der Waals surface area contributed by atoms with Gasteiger partial charge >= 0.3 is 0 Å². The van der Waals surface area contributed by atoms with Crippen LogP contribution in [0.2, 0.25) is 0 Å². The summed E-state index contributed by atoms with van der Waals surface area (Å²) in [6, 6.07) is 6.32. The maximum Gasteiger partial charge on any atom is 0.106 e. The van der Waals surface area contributed by atoms with Crippen LogP contribution < -0.4 is 11.1 Å². The lowest BCUT2D eigenvalue weighted by Gasteiger charge is -2.25. The van der Waals surface area contributed by atoms with E-state index < -0.39 is 0 Å². The van der Waals surface area contributed by atoms with Crippen LogP contribution in [0.3, 0.4) is 0 Å². The van der Waals surface area contributed by atoms with E-state index in [0.29, 0.717) is 17.5 Å². The van der Waals surface area contributed by atoms with Crippen molar-refractivity contribution in [3.63, 3.8) is 0 Å². The largest absolute Gasteiger partial charge is 0.389 e. The molecule has 3 nitrogen and oxygen atoms in total. The Morgan fingerprint density at radius 2 is 2.11 bits per heavy atom. The second-order valence-electron chi connectivity index (χ2n) is 5.07. The summed E-state index contributed by atoms with van der Waals surface area (Å²) in [6.07, 6.45) is 0. The summed E-state index contributed by atoms with van der Waals surface area (Å²) >= 11 is 5.11. The number of hydrogen-bond acceptors (Lipinski definition) is 3. The minimum absolute atomic E-state index is 0.245. The Hall–Kier alpha value is -1.13. The summed E-state index contributed by atoms with van der Waals surface area (Å²) in [6.45, 7) is 9.81. The third-order valence-electron chi connectivity index (χ3n) is 3.09. The topological polar surface area (TPSA) is 47.3 Å². The Kier molecular flexibility index (Phi) is 6.25. The molecule has 0 heterocycles. The molecular weight excluding hydrogens is 256 g/mol. The molecule has 106 valence electrons. The first-order valence-electron chi connectivity index (χ1n) is 6.70. The minimum atomic E-state index is 0.245. The van der Waals surface area contributed by atoms with Crippen LogP contribution in [0.5, 0.6) is 0 Å². The number of nitrogens with one attached hydrogen (secondary N) is 1. The van der Waals surface area contributed by atoms with Crippen LogP contribution in [0.15, 0.2) is 18.2 Å². The summed E-state index contributed by atoms with van der Waals surface area (Å²) < 4.78 is 5.53. The molecule has 0 fully saturated rings. The zero-order chi connectivity index (χ0) is 14.4. The lowest BCUT2D eigenvalue weighted by atomic mass is 10.0. The highest BCUT2D eigenvalue weighted by molar-refractivity contribution is 7.80. The Labute approximate surface area is 121 Å². The van der Waals surface area contributed by atoms with Crippen molar-refractivity contribution in [1.82, 2.24) is 0 Å². The first kappa shape index (κ1) is 15.9. The molecule has 1 aromatic carbocycles. The SMILES string of the molecule is CCOCC(Nc1cc(C)ccc1C(N)=S)C(C)C. The monoisotopic (exact) mass is 280 g/mol. The predicted octanol–water partition coefficient (Wildman–Crippen LogP) is 3.10. The van der Waals surface area contributed by atoms with Crippen LogP contribution in [0.1, 0.15) is 31.9 Å². The smallest absolute Gasteiger partial charge is 0.106 e. The van der Waals surface area contributed by atoms with Crippen molar-refractivity contribution in [2.75, 3.05) is 18.5 Å². The van der Waals surface area contributed by atoms with Gasteiger partial charge in [0.25, 0.3) is 0 Å². The van der Waals surface area contributed by atoms with Crippen molar-refractivity contribution in [3.05, 3.63) is 29.3 Å². The van der Waals surface area contributed by atoms with Gasteiger partial charge in [-0.25, -0.2) is 0 Å². The number of nitrogens with two attached hydrogens (primary N) is 1. The fourth-order valence-electron chi connectivity index (χ4n) is 1.84. The molecule has 1 aromatic rings. The fraction of sp³-hybridized carbons (Fsp3) is 0.533. The fourth-order valence-corrected chi connectivity index (χ4v) is 2.02. The van der Waals surface area contributed by atoms with E-state index >= 15 is 0 Å². The number of benzene rings is 1. The van der Waals surface area contributed by atoms with Gasteiger partial charge in [-0.3, -0.25) is 0 Å². The van der Waals surface area contributed by atoms with Crippen LogP contribution >= 0.6 is 12.2 Å². The predicted molar refractivity (Wildman–Crippen MR) is 85.8 cm³/mol. The highest BCUT2D eigenvalue weighted by Crippen LogP contribution is 2.20. The van der Waals surface area contributed by atoms with Crippen molar-refractivity contribution in [2.45, 2.75) is 33.7 Å². The maximum absolute atomic E-state index is 5.78. The maximum atomic E-state index is 5.78. The van der Waals surface area contributed by atoms with Gasteiger partial charge in [0, 0.05) is 17.9 Å². The number of anilines is 1. The number of aryl methyl sites for hydroxylation is 1. The van der Waals surface area contributed by atoms with Gasteiger partial charge in [-0.15, -0.1) is 0 Å². The van der Waals surface area contributed by atoms with Gasteiger partial charge in [0.15, 0.2) is 0 Å². The van der Waals surface area contributed by atoms with Crippen molar-refractivity contribution in [3.8, 4) is 0 Å². The third kappa shape index (κ3) is 4.80. The number of ether oxygens (including phenoxy) is 1.